The van der Waals surface area contributed by atoms with Gasteiger partial charge >= 0.3 is 5.97 Å². The molecule has 0 heterocycles. The van der Waals surface area contributed by atoms with Gasteiger partial charge < -0.3 is 4.74 Å². The third kappa shape index (κ3) is 3.38. The topological polar surface area (TPSA) is 51.0 Å². The second-order valence-electron chi connectivity index (χ2n) is 5.33. The Bertz CT molecular complexity index is 931. The highest BCUT2D eigenvalue weighted by Gasteiger charge is 2.11. The summed E-state index contributed by atoms with van der Waals surface area (Å²) in [4.78, 5) is 11.8. The lowest BCUT2D eigenvalue weighted by Crippen LogP contribution is -2.08. The van der Waals surface area contributed by atoms with E-state index in [0.29, 0.717) is 17.0 Å². The number of fused-ring (bicyclic) bond motifs is 1. The van der Waals surface area contributed by atoms with Gasteiger partial charge in [0.1, 0.15) is 5.75 Å². The lowest BCUT2D eigenvalue weighted by molar-refractivity contribution is -0.129. The van der Waals surface area contributed by atoms with Gasteiger partial charge in [-0.05, 0) is 31.2 Å². The summed E-state index contributed by atoms with van der Waals surface area (Å²) in [5, 5.41) is 10.2. The number of nitrogens with zero attached hydrogens (tertiary/aromatic N) is 2. The average molecular weight is 316 g/mol. The molecular formula is C20H16N2O2. The molecule has 4 heteroatoms. The maximum Gasteiger partial charge on any atom is 0.338 e. The van der Waals surface area contributed by atoms with E-state index in [-0.39, 0.29) is 0 Å². The number of hydrogen-bond donors (Lipinski definition) is 0. The molecule has 0 saturated carbocycles. The Morgan fingerprint density at radius 3 is 2.25 bits per heavy atom. The van der Waals surface area contributed by atoms with E-state index < -0.39 is 5.97 Å². The summed E-state index contributed by atoms with van der Waals surface area (Å²) in [5.41, 5.74) is 1.84. The third-order valence-corrected chi connectivity index (χ3v) is 3.44. The van der Waals surface area contributed by atoms with Crippen LogP contribution in [0.3, 0.4) is 0 Å². The van der Waals surface area contributed by atoms with Gasteiger partial charge in [0.05, 0.1) is 11.4 Å². The largest absolute Gasteiger partial charge is 0.423 e. The average Bonchev–Trinajstić information content (AvgIpc) is 2.61. The summed E-state index contributed by atoms with van der Waals surface area (Å²) < 4.78 is 5.40. The van der Waals surface area contributed by atoms with Crippen LogP contribution in [-0.2, 0) is 4.79 Å². The summed E-state index contributed by atoms with van der Waals surface area (Å²) in [6, 6.07) is 20.6. The van der Waals surface area contributed by atoms with Gasteiger partial charge in [-0.15, -0.1) is 5.11 Å². The van der Waals surface area contributed by atoms with E-state index >= 15 is 0 Å². The molecule has 0 bridgehead atoms. The molecule has 3 aromatic carbocycles. The SMILES string of the molecule is C=C(C)C(=O)Oc1ccc(N=Nc2ccccc2)c2ccccc12. The Labute approximate surface area is 140 Å². The zero-order chi connectivity index (χ0) is 16.9. The highest BCUT2D eigenvalue weighted by atomic mass is 16.5. The Kier molecular flexibility index (Phi) is 4.47. The van der Waals surface area contributed by atoms with Gasteiger partial charge in [-0.2, -0.15) is 5.11 Å². The first-order valence-corrected chi connectivity index (χ1v) is 7.51. The molecule has 24 heavy (non-hydrogen) atoms. The van der Waals surface area contributed by atoms with E-state index in [0.717, 1.165) is 16.5 Å². The molecule has 0 aromatic heterocycles. The van der Waals surface area contributed by atoms with Crippen molar-refractivity contribution in [1.82, 2.24) is 0 Å². The standard InChI is InChI=1S/C20H16N2O2/c1-14(2)20(23)24-19-13-12-18(16-10-6-7-11-17(16)19)22-21-15-8-4-3-5-9-15/h3-13H,1H2,2H3. The molecule has 0 saturated heterocycles. The second-order valence-corrected chi connectivity index (χ2v) is 5.33. The van der Waals surface area contributed by atoms with Crippen LogP contribution in [0.25, 0.3) is 10.8 Å². The van der Waals surface area contributed by atoms with Crippen LogP contribution < -0.4 is 4.74 Å². The molecule has 3 rings (SSSR count). The Balaban J connectivity index is 2.01. The monoisotopic (exact) mass is 316 g/mol. The molecule has 118 valence electrons. The van der Waals surface area contributed by atoms with Crippen LogP contribution in [0.15, 0.2) is 89.1 Å². The zero-order valence-corrected chi connectivity index (χ0v) is 13.3. The first kappa shape index (κ1) is 15.6. The molecule has 4 nitrogen and oxygen atoms in total. The molecule has 0 fully saturated rings. The number of hydrogen-bond acceptors (Lipinski definition) is 4. The molecule has 0 aliphatic carbocycles. The van der Waals surface area contributed by atoms with Crippen LogP contribution >= 0.6 is 0 Å². The number of carbonyl (C=O) groups excluding carboxylic acids is 1. The van der Waals surface area contributed by atoms with Gasteiger partial charge in [0.25, 0.3) is 0 Å². The van der Waals surface area contributed by atoms with Gasteiger partial charge in [-0.25, -0.2) is 4.79 Å². The summed E-state index contributed by atoms with van der Waals surface area (Å²) >= 11 is 0. The van der Waals surface area contributed by atoms with Crippen molar-refractivity contribution in [2.75, 3.05) is 0 Å². The van der Waals surface area contributed by atoms with Gasteiger partial charge in [0.2, 0.25) is 0 Å². The van der Waals surface area contributed by atoms with Crippen molar-refractivity contribution in [3.8, 4) is 5.75 Å². The van der Waals surface area contributed by atoms with E-state index in [9.17, 15) is 4.79 Å². The number of ether oxygens (including phenoxy) is 1. The number of azo groups is 1. The smallest absolute Gasteiger partial charge is 0.338 e. The van der Waals surface area contributed by atoms with Gasteiger partial charge in [0.15, 0.2) is 0 Å². The number of rotatable bonds is 4. The summed E-state index contributed by atoms with van der Waals surface area (Å²) in [6.07, 6.45) is 0. The summed E-state index contributed by atoms with van der Waals surface area (Å²) in [7, 11) is 0. The predicted molar refractivity (Wildman–Crippen MR) is 95.0 cm³/mol. The molecule has 0 aliphatic rings. The molecular weight excluding hydrogens is 300 g/mol. The van der Waals surface area contributed by atoms with E-state index in [4.69, 9.17) is 4.74 Å². The van der Waals surface area contributed by atoms with E-state index in [2.05, 4.69) is 16.8 Å². The number of esters is 1. The fourth-order valence-corrected chi connectivity index (χ4v) is 2.22. The molecule has 0 atom stereocenters. The molecule has 0 unspecified atom stereocenters. The maximum atomic E-state index is 11.8. The Hall–Kier alpha value is -3.27. The van der Waals surface area contributed by atoms with Crippen LogP contribution in [0.5, 0.6) is 5.75 Å². The van der Waals surface area contributed by atoms with Crippen molar-refractivity contribution in [3.05, 3.63) is 78.9 Å². The van der Waals surface area contributed by atoms with Gasteiger partial charge in [-0.3, -0.25) is 0 Å². The van der Waals surface area contributed by atoms with Crippen molar-refractivity contribution < 1.29 is 9.53 Å². The van der Waals surface area contributed by atoms with Crippen molar-refractivity contribution in [3.63, 3.8) is 0 Å². The lowest BCUT2D eigenvalue weighted by Gasteiger charge is -2.09. The fraction of sp³-hybridized carbons (Fsp3) is 0.0500. The molecule has 0 N–H and O–H groups in total. The molecule has 0 spiro atoms. The van der Waals surface area contributed by atoms with E-state index in [1.165, 1.54) is 0 Å². The quantitative estimate of drug-likeness (QED) is 0.267. The van der Waals surface area contributed by atoms with Crippen molar-refractivity contribution in [2.45, 2.75) is 6.92 Å². The fourth-order valence-electron chi connectivity index (χ4n) is 2.22. The highest BCUT2D eigenvalue weighted by Crippen LogP contribution is 2.34. The van der Waals surface area contributed by atoms with Crippen LogP contribution in [0, 0.1) is 0 Å². The maximum absolute atomic E-state index is 11.8. The van der Waals surface area contributed by atoms with Crippen LogP contribution in [-0.4, -0.2) is 5.97 Å². The van der Waals surface area contributed by atoms with Crippen molar-refractivity contribution in [1.29, 1.82) is 0 Å². The Morgan fingerprint density at radius 2 is 1.54 bits per heavy atom. The van der Waals surface area contributed by atoms with Crippen molar-refractivity contribution >= 4 is 28.1 Å². The number of benzene rings is 3. The van der Waals surface area contributed by atoms with Crippen LogP contribution in [0.4, 0.5) is 11.4 Å². The van der Waals surface area contributed by atoms with Crippen LogP contribution in [0.2, 0.25) is 0 Å². The third-order valence-electron chi connectivity index (χ3n) is 3.44. The Morgan fingerprint density at radius 1 is 0.875 bits per heavy atom. The minimum absolute atomic E-state index is 0.354. The summed E-state index contributed by atoms with van der Waals surface area (Å²) in [6.45, 7) is 5.22. The van der Waals surface area contributed by atoms with Crippen LogP contribution in [0.1, 0.15) is 6.92 Å². The molecule has 0 radical (unpaired) electrons. The molecule has 0 aliphatic heterocycles. The second kappa shape index (κ2) is 6.87. The molecule has 0 amide bonds. The first-order chi connectivity index (χ1) is 11.6. The van der Waals surface area contributed by atoms with Crippen molar-refractivity contribution in [2.24, 2.45) is 10.2 Å². The zero-order valence-electron chi connectivity index (χ0n) is 13.3. The normalized spacial score (nSPS) is 10.9. The van der Waals surface area contributed by atoms with E-state index in [1.54, 1.807) is 19.1 Å². The first-order valence-electron chi connectivity index (χ1n) is 7.51. The molecule has 3 aromatic rings. The summed E-state index contributed by atoms with van der Waals surface area (Å²) in [5.74, 6) is 0.0380. The highest BCUT2D eigenvalue weighted by molar-refractivity contribution is 5.99. The van der Waals surface area contributed by atoms with E-state index in [1.807, 2.05) is 54.6 Å². The minimum atomic E-state index is -0.446. The van der Waals surface area contributed by atoms with Gasteiger partial charge in [0, 0.05) is 16.3 Å². The number of carbonyl (C=O) groups is 1. The lowest BCUT2D eigenvalue weighted by atomic mass is 10.1. The van der Waals surface area contributed by atoms with Gasteiger partial charge in [-0.1, -0.05) is 49.0 Å². The minimum Gasteiger partial charge on any atom is -0.423 e. The predicted octanol–water partition coefficient (Wildman–Crippen LogP) is 5.74.